The van der Waals surface area contributed by atoms with Crippen LogP contribution in [0.15, 0.2) is 16.3 Å². The maximum Gasteiger partial charge on any atom is 0.266 e. The van der Waals surface area contributed by atoms with Crippen molar-refractivity contribution in [3.8, 4) is 0 Å². The van der Waals surface area contributed by atoms with Gasteiger partial charge in [0.05, 0.1) is 4.34 Å². The van der Waals surface area contributed by atoms with Crippen LogP contribution >= 0.6 is 22.9 Å². The molecule has 108 valence electrons. The van der Waals surface area contributed by atoms with Crippen LogP contribution in [0.25, 0.3) is 0 Å². The zero-order chi connectivity index (χ0) is 14.3. The monoisotopic (exact) mass is 324 g/mol. The third-order valence-electron chi connectivity index (χ3n) is 2.40. The molecule has 1 aromatic rings. The minimum Gasteiger partial charge on any atom is -0.278 e. The molecular formula is C11H17ClN2O3S2. The number of thiophene rings is 1. The van der Waals surface area contributed by atoms with Crippen molar-refractivity contribution >= 4 is 38.9 Å². The number of hydrogen-bond donors (Lipinski definition) is 2. The largest absolute Gasteiger partial charge is 0.278 e. The summed E-state index contributed by atoms with van der Waals surface area (Å²) in [6.45, 7) is 2.08. The Labute approximate surface area is 122 Å². The molecule has 0 spiro atoms. The van der Waals surface area contributed by atoms with E-state index >= 15 is 0 Å². The Morgan fingerprint density at radius 2 is 2.05 bits per heavy atom. The fourth-order valence-electron chi connectivity index (χ4n) is 1.39. The lowest BCUT2D eigenvalue weighted by Crippen LogP contribution is -2.41. The van der Waals surface area contributed by atoms with Gasteiger partial charge in [-0.25, -0.2) is 8.42 Å². The van der Waals surface area contributed by atoms with Crippen LogP contribution in [0.2, 0.25) is 4.34 Å². The maximum atomic E-state index is 11.8. The zero-order valence-corrected chi connectivity index (χ0v) is 13.0. The molecule has 1 heterocycles. The normalized spacial score (nSPS) is 11.5. The molecule has 0 saturated heterocycles. The summed E-state index contributed by atoms with van der Waals surface area (Å²) >= 11 is 6.60. The number of sulfonamides is 1. The number of nitrogens with one attached hydrogen (secondary N) is 2. The van der Waals surface area contributed by atoms with E-state index in [1.807, 2.05) is 0 Å². The number of carbonyl (C=O) groups is 1. The molecular weight excluding hydrogens is 308 g/mol. The van der Waals surface area contributed by atoms with E-state index in [0.717, 1.165) is 37.0 Å². The molecule has 2 N–H and O–H groups in total. The number of hydrazine groups is 1. The van der Waals surface area contributed by atoms with Crippen molar-refractivity contribution in [2.24, 2.45) is 0 Å². The minimum absolute atomic E-state index is 0.0729. The Hall–Kier alpha value is -0.630. The highest BCUT2D eigenvalue weighted by Crippen LogP contribution is 2.24. The second-order valence-electron chi connectivity index (χ2n) is 4.02. The van der Waals surface area contributed by atoms with E-state index in [2.05, 4.69) is 17.2 Å². The third kappa shape index (κ3) is 5.90. The number of amides is 1. The smallest absolute Gasteiger partial charge is 0.266 e. The van der Waals surface area contributed by atoms with Crippen molar-refractivity contribution < 1.29 is 13.2 Å². The van der Waals surface area contributed by atoms with Crippen molar-refractivity contribution in [1.82, 2.24) is 10.3 Å². The van der Waals surface area contributed by atoms with E-state index in [0.29, 0.717) is 10.8 Å². The number of hydrogen-bond acceptors (Lipinski definition) is 4. The van der Waals surface area contributed by atoms with Crippen LogP contribution in [-0.2, 0) is 14.8 Å². The molecule has 0 aliphatic rings. The molecule has 0 radical (unpaired) electrons. The van der Waals surface area contributed by atoms with Crippen molar-refractivity contribution in [1.29, 1.82) is 0 Å². The average Bonchev–Trinajstić information content (AvgIpc) is 2.80. The Bertz CT molecular complexity index is 514. The van der Waals surface area contributed by atoms with Gasteiger partial charge in [-0.15, -0.1) is 16.2 Å². The van der Waals surface area contributed by atoms with Crippen LogP contribution in [0, 0.1) is 0 Å². The summed E-state index contributed by atoms with van der Waals surface area (Å²) in [4.78, 5) is 13.5. The van der Waals surface area contributed by atoms with E-state index in [1.54, 1.807) is 0 Å². The highest BCUT2D eigenvalue weighted by atomic mass is 35.5. The fourth-order valence-corrected chi connectivity index (χ4v) is 3.73. The van der Waals surface area contributed by atoms with Crippen LogP contribution in [-0.4, -0.2) is 14.3 Å². The lowest BCUT2D eigenvalue weighted by molar-refractivity contribution is -0.121. The van der Waals surface area contributed by atoms with Gasteiger partial charge < -0.3 is 0 Å². The van der Waals surface area contributed by atoms with Crippen LogP contribution in [0.3, 0.4) is 0 Å². The predicted octanol–water partition coefficient (Wildman–Crippen LogP) is 2.68. The van der Waals surface area contributed by atoms with Crippen molar-refractivity contribution in [3.63, 3.8) is 0 Å². The first-order chi connectivity index (χ1) is 8.95. The summed E-state index contributed by atoms with van der Waals surface area (Å²) in [7, 11) is -3.72. The summed E-state index contributed by atoms with van der Waals surface area (Å²) in [6, 6.07) is 2.89. The van der Waals surface area contributed by atoms with Crippen molar-refractivity contribution in [2.75, 3.05) is 0 Å². The van der Waals surface area contributed by atoms with Crippen LogP contribution in [0.5, 0.6) is 0 Å². The van der Waals surface area contributed by atoms with E-state index in [4.69, 9.17) is 11.6 Å². The van der Waals surface area contributed by atoms with Gasteiger partial charge in [0.1, 0.15) is 4.21 Å². The van der Waals surface area contributed by atoms with Crippen LogP contribution < -0.4 is 10.3 Å². The molecule has 8 heteroatoms. The van der Waals surface area contributed by atoms with Gasteiger partial charge >= 0.3 is 0 Å². The molecule has 0 atom stereocenters. The Kier molecular flexibility index (Phi) is 6.78. The topological polar surface area (TPSA) is 75.3 Å². The molecule has 0 aromatic carbocycles. The SMILES string of the molecule is CCCCCCC(=O)NNS(=O)(=O)c1ccc(Cl)s1. The summed E-state index contributed by atoms with van der Waals surface area (Å²) in [5, 5.41) is 0. The van der Waals surface area contributed by atoms with E-state index in [1.165, 1.54) is 12.1 Å². The Morgan fingerprint density at radius 3 is 2.63 bits per heavy atom. The summed E-state index contributed by atoms with van der Waals surface area (Å²) in [5.41, 5.74) is 2.19. The molecule has 0 bridgehead atoms. The molecule has 0 unspecified atom stereocenters. The highest BCUT2D eigenvalue weighted by Gasteiger charge is 2.17. The maximum absolute atomic E-state index is 11.8. The molecule has 0 aliphatic carbocycles. The molecule has 5 nitrogen and oxygen atoms in total. The van der Waals surface area contributed by atoms with E-state index < -0.39 is 10.0 Å². The minimum atomic E-state index is -3.72. The van der Waals surface area contributed by atoms with Crippen LogP contribution in [0.1, 0.15) is 39.0 Å². The van der Waals surface area contributed by atoms with Gasteiger partial charge in [0.15, 0.2) is 0 Å². The third-order valence-corrected chi connectivity index (χ3v) is 5.37. The lowest BCUT2D eigenvalue weighted by Gasteiger charge is -2.06. The molecule has 1 rings (SSSR count). The first-order valence-electron chi connectivity index (χ1n) is 6.01. The first-order valence-corrected chi connectivity index (χ1v) is 8.69. The van der Waals surface area contributed by atoms with E-state index in [9.17, 15) is 13.2 Å². The molecule has 0 aliphatic heterocycles. The second kappa shape index (κ2) is 7.84. The van der Waals surface area contributed by atoms with Crippen molar-refractivity contribution in [2.45, 2.75) is 43.2 Å². The van der Waals surface area contributed by atoms with Gasteiger partial charge in [-0.3, -0.25) is 10.2 Å². The highest BCUT2D eigenvalue weighted by molar-refractivity contribution is 7.91. The van der Waals surface area contributed by atoms with Gasteiger partial charge in [-0.2, -0.15) is 0 Å². The number of unbranched alkanes of at least 4 members (excludes halogenated alkanes) is 3. The predicted molar refractivity (Wildman–Crippen MR) is 76.6 cm³/mol. The Morgan fingerprint density at radius 1 is 1.32 bits per heavy atom. The molecule has 1 aromatic heterocycles. The van der Waals surface area contributed by atoms with Gasteiger partial charge in [0, 0.05) is 6.42 Å². The van der Waals surface area contributed by atoms with Gasteiger partial charge in [0.25, 0.3) is 10.0 Å². The summed E-state index contributed by atoms with van der Waals surface area (Å²) in [6.07, 6.45) is 4.21. The average molecular weight is 325 g/mol. The van der Waals surface area contributed by atoms with E-state index in [-0.39, 0.29) is 10.1 Å². The first kappa shape index (κ1) is 16.4. The summed E-state index contributed by atoms with van der Waals surface area (Å²) < 4.78 is 24.0. The van der Waals surface area contributed by atoms with Crippen molar-refractivity contribution in [3.05, 3.63) is 16.5 Å². The molecule has 1 amide bonds. The van der Waals surface area contributed by atoms with Crippen LogP contribution in [0.4, 0.5) is 0 Å². The molecule has 0 saturated carbocycles. The molecule has 0 fully saturated rings. The zero-order valence-electron chi connectivity index (χ0n) is 10.6. The lowest BCUT2D eigenvalue weighted by atomic mass is 10.1. The number of rotatable bonds is 8. The number of halogens is 1. The Balaban J connectivity index is 2.37. The van der Waals surface area contributed by atoms with Gasteiger partial charge in [-0.05, 0) is 18.6 Å². The number of carbonyl (C=O) groups excluding carboxylic acids is 1. The van der Waals surface area contributed by atoms with Gasteiger partial charge in [0.2, 0.25) is 5.91 Å². The quantitative estimate of drug-likeness (QED) is 0.570. The van der Waals surface area contributed by atoms with Gasteiger partial charge in [-0.1, -0.05) is 37.8 Å². The summed E-state index contributed by atoms with van der Waals surface area (Å²) in [5.74, 6) is -0.331. The second-order valence-corrected chi connectivity index (χ2v) is 7.65. The molecule has 19 heavy (non-hydrogen) atoms. The standard InChI is InChI=1S/C11H17ClN2O3S2/c1-2-3-4-5-6-10(15)13-14-19(16,17)11-8-7-9(12)18-11/h7-8,14H,2-6H2,1H3,(H,13,15). The fraction of sp³-hybridized carbons (Fsp3) is 0.545.